The number of pyridine rings is 1. The van der Waals surface area contributed by atoms with Gasteiger partial charge in [0.15, 0.2) is 16.1 Å². The third kappa shape index (κ3) is 3.65. The fraction of sp³-hybridized carbons (Fsp3) is 0.500. The molecule has 2 aromatic rings. The molecule has 3 heterocycles. The van der Waals surface area contributed by atoms with Crippen LogP contribution in [0.25, 0.3) is 10.9 Å². The molecule has 1 unspecified atom stereocenters. The highest BCUT2D eigenvalue weighted by atomic mass is 35.5. The normalized spacial score (nSPS) is 16.3. The van der Waals surface area contributed by atoms with Gasteiger partial charge in [0.1, 0.15) is 11.3 Å². The van der Waals surface area contributed by atoms with Crippen LogP contribution in [0, 0.1) is 5.82 Å². The minimum atomic E-state index is -0.563. The Morgan fingerprint density at radius 1 is 1.30 bits per heavy atom. The lowest BCUT2D eigenvalue weighted by molar-refractivity contribution is 0.399. The maximum absolute atomic E-state index is 14.3. The molecule has 1 aliphatic rings. The van der Waals surface area contributed by atoms with Crippen molar-refractivity contribution in [3.8, 4) is 0 Å². The van der Waals surface area contributed by atoms with Crippen molar-refractivity contribution in [2.75, 3.05) is 25.3 Å². The number of halogens is 2. The first-order chi connectivity index (χ1) is 10.5. The summed E-state index contributed by atoms with van der Waals surface area (Å²) in [4.78, 5) is 15.1. The molecule has 3 rings (SSSR count). The van der Waals surface area contributed by atoms with Gasteiger partial charge in [-0.3, -0.25) is 0 Å². The Balaban J connectivity index is 0.000000849. The van der Waals surface area contributed by atoms with Gasteiger partial charge in [0.2, 0.25) is 0 Å². The van der Waals surface area contributed by atoms with Crippen LogP contribution >= 0.6 is 36.9 Å². The molecule has 0 radical (unpaired) electrons. The number of rotatable bonds is 1. The molecule has 0 saturated carbocycles. The summed E-state index contributed by atoms with van der Waals surface area (Å²) in [5.41, 5.74) is 1.06. The molecule has 5 nitrogen and oxygen atoms in total. The van der Waals surface area contributed by atoms with Crippen LogP contribution < -0.4 is 4.90 Å². The molecule has 2 aromatic heterocycles. The standard InChI is InChI=1S/C13H14ClFN4S.CH4O.H2S/c1-6-4-5-7-8-10(9(15)11(14)16-7)17-13(20-3)18-12(8)19(6)2;1-2;/h6H,4-5H2,1-3H3;2H,1H3;1H2. The van der Waals surface area contributed by atoms with E-state index < -0.39 is 5.82 Å². The zero-order valence-corrected chi connectivity index (χ0v) is 16.0. The van der Waals surface area contributed by atoms with Gasteiger partial charge in [-0.2, -0.15) is 13.5 Å². The summed E-state index contributed by atoms with van der Waals surface area (Å²) in [6.07, 6.45) is 3.54. The van der Waals surface area contributed by atoms with E-state index in [4.69, 9.17) is 16.7 Å². The predicted octanol–water partition coefficient (Wildman–Crippen LogP) is 3.03. The highest BCUT2D eigenvalue weighted by molar-refractivity contribution is 7.98. The smallest absolute Gasteiger partial charge is 0.189 e. The zero-order chi connectivity index (χ0) is 16.4. The second-order valence-electron chi connectivity index (χ2n) is 4.92. The summed E-state index contributed by atoms with van der Waals surface area (Å²) >= 11 is 7.29. The first-order valence-electron chi connectivity index (χ1n) is 6.80. The SMILES string of the molecule is CO.CSc1nc2c3c(nc(Cl)c(F)c3n1)CCC(C)N2C.S. The van der Waals surface area contributed by atoms with Gasteiger partial charge in [-0.15, -0.1) is 0 Å². The van der Waals surface area contributed by atoms with E-state index in [0.29, 0.717) is 16.6 Å². The van der Waals surface area contributed by atoms with Crippen LogP contribution in [-0.4, -0.2) is 46.5 Å². The molecule has 0 bridgehead atoms. The van der Waals surface area contributed by atoms with Crippen LogP contribution in [0.3, 0.4) is 0 Å². The van der Waals surface area contributed by atoms with Crippen LogP contribution in [0.4, 0.5) is 10.2 Å². The molecule has 0 fully saturated rings. The summed E-state index contributed by atoms with van der Waals surface area (Å²) in [5.74, 6) is 0.176. The van der Waals surface area contributed by atoms with E-state index in [1.807, 2.05) is 13.3 Å². The maximum atomic E-state index is 14.3. The molecule has 1 aliphatic heterocycles. The van der Waals surface area contributed by atoms with Gasteiger partial charge < -0.3 is 10.0 Å². The molecule has 128 valence electrons. The number of aryl methyl sites for hydroxylation is 1. The van der Waals surface area contributed by atoms with Crippen LogP contribution in [0.2, 0.25) is 5.15 Å². The number of aliphatic hydroxyl groups excluding tert-OH is 1. The van der Waals surface area contributed by atoms with Gasteiger partial charge in [0, 0.05) is 20.2 Å². The van der Waals surface area contributed by atoms with Crippen molar-refractivity contribution in [3.05, 3.63) is 16.7 Å². The van der Waals surface area contributed by atoms with Crippen LogP contribution in [0.5, 0.6) is 0 Å². The summed E-state index contributed by atoms with van der Waals surface area (Å²) in [7, 11) is 2.97. The fourth-order valence-electron chi connectivity index (χ4n) is 2.45. The monoisotopic (exact) mass is 378 g/mol. The van der Waals surface area contributed by atoms with Crippen molar-refractivity contribution in [2.24, 2.45) is 0 Å². The Hall–Kier alpha value is -0.830. The van der Waals surface area contributed by atoms with Crippen LogP contribution in [-0.2, 0) is 6.42 Å². The van der Waals surface area contributed by atoms with E-state index in [1.165, 1.54) is 11.8 Å². The highest BCUT2D eigenvalue weighted by Crippen LogP contribution is 2.35. The minimum absolute atomic E-state index is 0. The molecule has 0 spiro atoms. The van der Waals surface area contributed by atoms with Crippen molar-refractivity contribution in [2.45, 2.75) is 31.0 Å². The lowest BCUT2D eigenvalue weighted by Crippen LogP contribution is -2.29. The minimum Gasteiger partial charge on any atom is -0.400 e. The number of hydrogen-bond donors (Lipinski definition) is 1. The summed E-state index contributed by atoms with van der Waals surface area (Å²) in [6, 6.07) is 0.304. The Labute approximate surface area is 151 Å². The van der Waals surface area contributed by atoms with Gasteiger partial charge in [-0.05, 0) is 26.0 Å². The topological polar surface area (TPSA) is 62.1 Å². The first kappa shape index (κ1) is 20.2. The van der Waals surface area contributed by atoms with E-state index in [-0.39, 0.29) is 24.2 Å². The Morgan fingerprint density at radius 3 is 2.57 bits per heavy atom. The molecule has 1 N–H and O–H groups in total. The Morgan fingerprint density at radius 2 is 1.96 bits per heavy atom. The highest BCUT2D eigenvalue weighted by Gasteiger charge is 2.26. The third-order valence-electron chi connectivity index (χ3n) is 3.76. The average Bonchev–Trinajstić information content (AvgIpc) is 2.66. The number of nitrogens with zero attached hydrogens (tertiary/aromatic N) is 4. The van der Waals surface area contributed by atoms with Crippen molar-refractivity contribution in [3.63, 3.8) is 0 Å². The van der Waals surface area contributed by atoms with E-state index in [0.717, 1.165) is 31.5 Å². The molecular weight excluding hydrogens is 359 g/mol. The van der Waals surface area contributed by atoms with Gasteiger partial charge in [-0.25, -0.2) is 19.3 Å². The molecule has 23 heavy (non-hydrogen) atoms. The molecule has 1 atom stereocenters. The van der Waals surface area contributed by atoms with E-state index >= 15 is 0 Å². The summed E-state index contributed by atoms with van der Waals surface area (Å²) in [5, 5.41) is 8.12. The zero-order valence-electron chi connectivity index (χ0n) is 13.4. The fourth-order valence-corrected chi connectivity index (χ4v) is 3.00. The van der Waals surface area contributed by atoms with Crippen LogP contribution in [0.15, 0.2) is 5.16 Å². The maximum Gasteiger partial charge on any atom is 0.189 e. The lowest BCUT2D eigenvalue weighted by Gasteiger charge is -2.24. The van der Waals surface area contributed by atoms with Crippen molar-refractivity contribution >= 4 is 53.6 Å². The Kier molecular flexibility index (Phi) is 7.31. The molecule has 0 aromatic carbocycles. The molecule has 0 amide bonds. The molecule has 9 heteroatoms. The van der Waals surface area contributed by atoms with Crippen LogP contribution in [0.1, 0.15) is 19.0 Å². The van der Waals surface area contributed by atoms with Gasteiger partial charge >= 0.3 is 0 Å². The van der Waals surface area contributed by atoms with Crippen molar-refractivity contribution in [1.29, 1.82) is 0 Å². The van der Waals surface area contributed by atoms with Gasteiger partial charge in [0.25, 0.3) is 0 Å². The third-order valence-corrected chi connectivity index (χ3v) is 4.56. The van der Waals surface area contributed by atoms with Crippen molar-refractivity contribution < 1.29 is 9.50 Å². The first-order valence-corrected chi connectivity index (χ1v) is 8.40. The summed E-state index contributed by atoms with van der Waals surface area (Å²) in [6.45, 7) is 2.12. The number of thioether (sulfide) groups is 1. The predicted molar refractivity (Wildman–Crippen MR) is 98.8 cm³/mol. The molecular formula is C14H20ClFN4OS2. The number of aliphatic hydroxyl groups is 1. The quantitative estimate of drug-likeness (QED) is 0.467. The summed E-state index contributed by atoms with van der Waals surface area (Å²) < 4.78 is 14.3. The molecule has 0 saturated heterocycles. The average molecular weight is 379 g/mol. The van der Waals surface area contributed by atoms with E-state index in [9.17, 15) is 4.39 Å². The number of anilines is 1. The largest absolute Gasteiger partial charge is 0.400 e. The lowest BCUT2D eigenvalue weighted by atomic mass is 10.1. The van der Waals surface area contributed by atoms with E-state index in [2.05, 4.69) is 26.8 Å². The van der Waals surface area contributed by atoms with E-state index in [1.54, 1.807) is 0 Å². The second kappa shape index (κ2) is 8.32. The van der Waals surface area contributed by atoms with Gasteiger partial charge in [-0.1, -0.05) is 23.4 Å². The molecule has 0 aliphatic carbocycles. The number of hydrogen-bond acceptors (Lipinski definition) is 6. The van der Waals surface area contributed by atoms with Gasteiger partial charge in [0.05, 0.1) is 11.1 Å². The van der Waals surface area contributed by atoms with Crippen molar-refractivity contribution in [1.82, 2.24) is 15.0 Å². The Bertz CT molecular complexity index is 704. The second-order valence-corrected chi connectivity index (χ2v) is 6.05. The number of aromatic nitrogens is 3.